The minimum absolute atomic E-state index is 0.323. The third kappa shape index (κ3) is 8.55. The van der Waals surface area contributed by atoms with Crippen molar-refractivity contribution in [2.45, 2.75) is 52.4 Å². The van der Waals surface area contributed by atoms with Crippen LogP contribution in [0.3, 0.4) is 0 Å². The number of guanidine groups is 1. The van der Waals surface area contributed by atoms with Gasteiger partial charge in [0.15, 0.2) is 5.96 Å². The monoisotopic (exact) mass is 414 g/mol. The Morgan fingerprint density at radius 1 is 1.20 bits per heavy atom. The Kier molecular flexibility index (Phi) is 8.70. The van der Waals surface area contributed by atoms with Gasteiger partial charge in [0.05, 0.1) is 0 Å². The zero-order chi connectivity index (χ0) is 22.0. The minimum atomic E-state index is -0.493. The van der Waals surface area contributed by atoms with E-state index in [-0.39, 0.29) is 6.09 Å². The van der Waals surface area contributed by atoms with Crippen molar-refractivity contribution < 1.29 is 9.53 Å². The highest BCUT2D eigenvalue weighted by Gasteiger charge is 2.19. The van der Waals surface area contributed by atoms with Crippen molar-refractivity contribution >= 4 is 12.1 Å². The van der Waals surface area contributed by atoms with Crippen molar-refractivity contribution in [1.29, 1.82) is 0 Å². The number of benzene rings is 1. The van der Waals surface area contributed by atoms with Crippen LogP contribution < -0.4 is 10.6 Å². The van der Waals surface area contributed by atoms with Crippen LogP contribution >= 0.6 is 0 Å². The molecule has 1 heterocycles. The number of carbonyl (C=O) groups excluding carboxylic acids is 1. The second-order valence-corrected chi connectivity index (χ2v) is 8.13. The lowest BCUT2D eigenvalue weighted by Gasteiger charge is -2.24. The standard InChI is InChI=1S/C22H34N6O2/c1-22(2,3)30-21(29)27(5)17-19-10-8-18(9-11-19)16-25-20(23-4)24-12-6-14-28-15-7-13-26-28/h7-11,13,15H,6,12,14,16-17H2,1-5H3,(H2,23,24,25). The highest BCUT2D eigenvalue weighted by molar-refractivity contribution is 5.79. The molecule has 0 aliphatic heterocycles. The van der Waals surface area contributed by atoms with Gasteiger partial charge in [-0.05, 0) is 44.4 Å². The highest BCUT2D eigenvalue weighted by Crippen LogP contribution is 2.12. The molecule has 0 atom stereocenters. The smallest absolute Gasteiger partial charge is 0.410 e. The van der Waals surface area contributed by atoms with Gasteiger partial charge in [0.2, 0.25) is 0 Å². The Labute approximate surface area is 179 Å². The van der Waals surface area contributed by atoms with Crippen LogP contribution in [0.15, 0.2) is 47.7 Å². The highest BCUT2D eigenvalue weighted by atomic mass is 16.6. The molecule has 8 nitrogen and oxygen atoms in total. The van der Waals surface area contributed by atoms with Crippen LogP contribution in [0.25, 0.3) is 0 Å². The van der Waals surface area contributed by atoms with Gasteiger partial charge < -0.3 is 20.3 Å². The fourth-order valence-corrected chi connectivity index (χ4v) is 2.73. The summed E-state index contributed by atoms with van der Waals surface area (Å²) in [5, 5.41) is 10.8. The van der Waals surface area contributed by atoms with E-state index < -0.39 is 5.60 Å². The van der Waals surface area contributed by atoms with Crippen molar-refractivity contribution in [3.63, 3.8) is 0 Å². The number of aryl methyl sites for hydroxylation is 1. The topological polar surface area (TPSA) is 83.8 Å². The zero-order valence-electron chi connectivity index (χ0n) is 18.7. The number of nitrogens with one attached hydrogen (secondary N) is 2. The maximum Gasteiger partial charge on any atom is 0.410 e. The van der Waals surface area contributed by atoms with Gasteiger partial charge in [-0.15, -0.1) is 0 Å². The number of hydrogen-bond acceptors (Lipinski definition) is 4. The van der Waals surface area contributed by atoms with Gasteiger partial charge in [0.25, 0.3) is 0 Å². The molecule has 30 heavy (non-hydrogen) atoms. The summed E-state index contributed by atoms with van der Waals surface area (Å²) < 4.78 is 7.30. The third-order valence-electron chi connectivity index (χ3n) is 4.25. The van der Waals surface area contributed by atoms with Crippen LogP contribution in [-0.4, -0.2) is 53.0 Å². The molecular weight excluding hydrogens is 380 g/mol. The minimum Gasteiger partial charge on any atom is -0.444 e. The van der Waals surface area contributed by atoms with E-state index in [0.29, 0.717) is 13.1 Å². The largest absolute Gasteiger partial charge is 0.444 e. The lowest BCUT2D eigenvalue weighted by atomic mass is 10.1. The number of amides is 1. The fraction of sp³-hybridized carbons (Fsp3) is 0.500. The Morgan fingerprint density at radius 3 is 2.50 bits per heavy atom. The van der Waals surface area contributed by atoms with Gasteiger partial charge in [0, 0.05) is 52.7 Å². The molecule has 2 N–H and O–H groups in total. The molecule has 2 rings (SSSR count). The molecule has 0 saturated heterocycles. The van der Waals surface area contributed by atoms with Gasteiger partial charge >= 0.3 is 6.09 Å². The molecule has 0 saturated carbocycles. The normalized spacial score (nSPS) is 11.8. The lowest BCUT2D eigenvalue weighted by molar-refractivity contribution is 0.0285. The second-order valence-electron chi connectivity index (χ2n) is 8.13. The number of hydrogen-bond donors (Lipinski definition) is 2. The summed E-state index contributed by atoms with van der Waals surface area (Å²) in [4.78, 5) is 17.9. The van der Waals surface area contributed by atoms with Crippen molar-refractivity contribution in [1.82, 2.24) is 25.3 Å². The van der Waals surface area contributed by atoms with Crippen LogP contribution in [0.5, 0.6) is 0 Å². The zero-order valence-corrected chi connectivity index (χ0v) is 18.7. The number of nitrogens with zero attached hydrogens (tertiary/aromatic N) is 4. The van der Waals surface area contributed by atoms with E-state index in [0.717, 1.165) is 36.6 Å². The molecule has 0 spiro atoms. The average Bonchev–Trinajstić information content (AvgIpc) is 3.20. The Balaban J connectivity index is 1.73. The van der Waals surface area contributed by atoms with E-state index in [9.17, 15) is 4.79 Å². The van der Waals surface area contributed by atoms with Crippen LogP contribution in [-0.2, 0) is 24.4 Å². The molecule has 0 aliphatic carbocycles. The number of aromatic nitrogens is 2. The Morgan fingerprint density at radius 2 is 1.90 bits per heavy atom. The lowest BCUT2D eigenvalue weighted by Crippen LogP contribution is -2.37. The fourth-order valence-electron chi connectivity index (χ4n) is 2.73. The molecule has 1 aromatic carbocycles. The van der Waals surface area contributed by atoms with Gasteiger partial charge in [-0.1, -0.05) is 24.3 Å². The third-order valence-corrected chi connectivity index (χ3v) is 4.25. The van der Waals surface area contributed by atoms with Gasteiger partial charge in [-0.2, -0.15) is 5.10 Å². The van der Waals surface area contributed by atoms with E-state index >= 15 is 0 Å². The second kappa shape index (κ2) is 11.2. The maximum atomic E-state index is 12.1. The van der Waals surface area contributed by atoms with Crippen molar-refractivity contribution in [3.05, 3.63) is 53.9 Å². The molecular formula is C22H34N6O2. The van der Waals surface area contributed by atoms with Gasteiger partial charge in [-0.25, -0.2) is 4.79 Å². The quantitative estimate of drug-likeness (QED) is 0.394. The summed E-state index contributed by atoms with van der Waals surface area (Å²) >= 11 is 0. The number of rotatable bonds is 8. The molecule has 0 fully saturated rings. The van der Waals surface area contributed by atoms with E-state index in [4.69, 9.17) is 4.74 Å². The SMILES string of the molecule is CN=C(NCCCn1cccn1)NCc1ccc(CN(C)C(=O)OC(C)(C)C)cc1. The number of carbonyl (C=O) groups is 1. The first-order chi connectivity index (χ1) is 14.3. The predicted octanol–water partition coefficient (Wildman–Crippen LogP) is 3.01. The summed E-state index contributed by atoms with van der Waals surface area (Å²) in [6.45, 7) is 8.45. The van der Waals surface area contributed by atoms with Crippen molar-refractivity contribution in [3.8, 4) is 0 Å². The van der Waals surface area contributed by atoms with E-state index in [1.807, 2.05) is 49.8 Å². The molecule has 164 valence electrons. The Hall–Kier alpha value is -3.03. The summed E-state index contributed by atoms with van der Waals surface area (Å²) in [5.74, 6) is 0.768. The first-order valence-corrected chi connectivity index (χ1v) is 10.2. The van der Waals surface area contributed by atoms with Crippen LogP contribution in [0.4, 0.5) is 4.79 Å². The van der Waals surface area contributed by atoms with Gasteiger partial charge in [-0.3, -0.25) is 9.67 Å². The van der Waals surface area contributed by atoms with E-state index in [1.54, 1.807) is 25.2 Å². The molecule has 1 amide bonds. The van der Waals surface area contributed by atoms with Crippen molar-refractivity contribution in [2.75, 3.05) is 20.6 Å². The first-order valence-electron chi connectivity index (χ1n) is 10.2. The van der Waals surface area contributed by atoms with Crippen LogP contribution in [0, 0.1) is 0 Å². The van der Waals surface area contributed by atoms with Crippen molar-refractivity contribution in [2.24, 2.45) is 4.99 Å². The summed E-state index contributed by atoms with van der Waals surface area (Å²) in [6, 6.07) is 10.1. The van der Waals surface area contributed by atoms with Gasteiger partial charge in [0.1, 0.15) is 5.60 Å². The summed E-state index contributed by atoms with van der Waals surface area (Å²) in [7, 11) is 3.50. The number of ether oxygens (including phenoxy) is 1. The first kappa shape index (κ1) is 23.3. The Bertz CT molecular complexity index is 794. The molecule has 0 bridgehead atoms. The maximum absolute atomic E-state index is 12.1. The summed E-state index contributed by atoms with van der Waals surface area (Å²) in [5.41, 5.74) is 1.69. The molecule has 0 unspecified atom stereocenters. The average molecular weight is 415 g/mol. The van der Waals surface area contributed by atoms with Crippen LogP contribution in [0.2, 0.25) is 0 Å². The predicted molar refractivity (Wildman–Crippen MR) is 119 cm³/mol. The van der Waals surface area contributed by atoms with E-state index in [1.165, 1.54) is 0 Å². The van der Waals surface area contributed by atoms with E-state index in [2.05, 4.69) is 32.9 Å². The molecule has 2 aromatic rings. The molecule has 0 radical (unpaired) electrons. The molecule has 8 heteroatoms. The summed E-state index contributed by atoms with van der Waals surface area (Å²) in [6.07, 6.45) is 4.38. The van der Waals surface area contributed by atoms with Crippen LogP contribution in [0.1, 0.15) is 38.3 Å². The number of aliphatic imine (C=N–C) groups is 1. The molecule has 0 aliphatic rings. The molecule has 1 aromatic heterocycles.